The fourth-order valence-electron chi connectivity index (χ4n) is 4.42. The van der Waals surface area contributed by atoms with Crippen molar-refractivity contribution in [3.8, 4) is 5.69 Å². The van der Waals surface area contributed by atoms with Gasteiger partial charge in [-0.3, -0.25) is 4.72 Å². The second-order valence-corrected chi connectivity index (χ2v) is 10.3. The zero-order chi connectivity index (χ0) is 23.7. The highest BCUT2D eigenvalue weighted by molar-refractivity contribution is 7.92. The smallest absolute Gasteiger partial charge is 0.337 e. The Labute approximate surface area is 197 Å². The van der Waals surface area contributed by atoms with Crippen LogP contribution in [0, 0.1) is 0 Å². The van der Waals surface area contributed by atoms with E-state index < -0.39 is 16.0 Å². The SMILES string of the molecule is COC(=O)c1ccc(C2CC2)c(S(=O)(=O)Nc2cc(-n3cnnn3)ccc2C2CCCCN2)c1. The number of piperidine rings is 1. The molecule has 11 heteroatoms. The van der Waals surface area contributed by atoms with E-state index in [-0.39, 0.29) is 22.4 Å². The first-order chi connectivity index (χ1) is 16.5. The van der Waals surface area contributed by atoms with Gasteiger partial charge in [0.05, 0.1) is 28.9 Å². The normalized spacial score (nSPS) is 18.4. The summed E-state index contributed by atoms with van der Waals surface area (Å²) in [6.45, 7) is 0.874. The average molecular weight is 483 g/mol. The zero-order valence-electron chi connectivity index (χ0n) is 18.8. The fourth-order valence-corrected chi connectivity index (χ4v) is 5.82. The lowest BCUT2D eigenvalue weighted by Gasteiger charge is -2.26. The number of nitrogens with zero attached hydrogens (tertiary/aromatic N) is 4. The Balaban J connectivity index is 1.57. The van der Waals surface area contributed by atoms with Gasteiger partial charge in [0.15, 0.2) is 0 Å². The summed E-state index contributed by atoms with van der Waals surface area (Å²) in [6.07, 6.45) is 6.36. The molecule has 0 bridgehead atoms. The first-order valence-corrected chi connectivity index (χ1v) is 12.8. The maximum Gasteiger partial charge on any atom is 0.337 e. The molecule has 1 aromatic heterocycles. The molecule has 2 heterocycles. The number of ether oxygens (including phenoxy) is 1. The van der Waals surface area contributed by atoms with Crippen molar-refractivity contribution in [2.75, 3.05) is 18.4 Å². The summed E-state index contributed by atoms with van der Waals surface area (Å²) in [5.41, 5.74) is 2.86. The number of tetrazole rings is 1. The molecule has 178 valence electrons. The van der Waals surface area contributed by atoms with Crippen LogP contribution in [-0.2, 0) is 14.8 Å². The number of carbonyl (C=O) groups is 1. The Hall–Kier alpha value is -3.31. The Morgan fingerprint density at radius 2 is 1.94 bits per heavy atom. The van der Waals surface area contributed by atoms with Crippen LogP contribution in [0.4, 0.5) is 5.69 Å². The van der Waals surface area contributed by atoms with E-state index in [4.69, 9.17) is 4.74 Å². The van der Waals surface area contributed by atoms with Gasteiger partial charge in [0.2, 0.25) is 0 Å². The van der Waals surface area contributed by atoms with Crippen molar-refractivity contribution in [2.45, 2.75) is 49.0 Å². The molecule has 1 saturated carbocycles. The van der Waals surface area contributed by atoms with Gasteiger partial charge in [-0.15, -0.1) is 5.10 Å². The van der Waals surface area contributed by atoms with Crippen molar-refractivity contribution in [1.82, 2.24) is 25.5 Å². The molecule has 0 amide bonds. The number of sulfonamides is 1. The van der Waals surface area contributed by atoms with Crippen LogP contribution in [0.1, 0.15) is 65.5 Å². The van der Waals surface area contributed by atoms with Crippen molar-refractivity contribution < 1.29 is 17.9 Å². The van der Waals surface area contributed by atoms with Gasteiger partial charge in [-0.1, -0.05) is 18.6 Å². The van der Waals surface area contributed by atoms with E-state index in [1.165, 1.54) is 24.2 Å². The number of rotatable bonds is 7. The third-order valence-electron chi connectivity index (χ3n) is 6.32. The number of hydrogen-bond acceptors (Lipinski definition) is 8. The molecule has 2 N–H and O–H groups in total. The number of carbonyl (C=O) groups excluding carboxylic acids is 1. The van der Waals surface area contributed by atoms with Crippen LogP contribution in [0.2, 0.25) is 0 Å². The maximum atomic E-state index is 13.7. The monoisotopic (exact) mass is 482 g/mol. The third-order valence-corrected chi connectivity index (χ3v) is 7.74. The number of nitrogens with one attached hydrogen (secondary N) is 2. The highest BCUT2D eigenvalue weighted by Crippen LogP contribution is 2.43. The van der Waals surface area contributed by atoms with Crippen LogP contribution in [0.3, 0.4) is 0 Å². The van der Waals surface area contributed by atoms with Crippen molar-refractivity contribution in [3.05, 3.63) is 59.4 Å². The van der Waals surface area contributed by atoms with E-state index in [9.17, 15) is 13.2 Å². The number of esters is 1. The van der Waals surface area contributed by atoms with Crippen LogP contribution < -0.4 is 10.0 Å². The topological polar surface area (TPSA) is 128 Å². The minimum Gasteiger partial charge on any atom is -0.465 e. The van der Waals surface area contributed by atoms with Gasteiger partial charge in [0.25, 0.3) is 10.0 Å². The molecule has 1 aliphatic heterocycles. The Bertz CT molecular complexity index is 1300. The van der Waals surface area contributed by atoms with Crippen molar-refractivity contribution in [3.63, 3.8) is 0 Å². The first-order valence-electron chi connectivity index (χ1n) is 11.3. The molecule has 1 aliphatic carbocycles. The predicted octanol–water partition coefficient (Wildman–Crippen LogP) is 2.94. The highest BCUT2D eigenvalue weighted by atomic mass is 32.2. The van der Waals surface area contributed by atoms with Crippen LogP contribution in [0.25, 0.3) is 5.69 Å². The Morgan fingerprint density at radius 1 is 1.12 bits per heavy atom. The summed E-state index contributed by atoms with van der Waals surface area (Å²) in [6, 6.07) is 10.3. The number of methoxy groups -OCH3 is 1. The van der Waals surface area contributed by atoms with E-state index in [0.717, 1.165) is 44.2 Å². The largest absolute Gasteiger partial charge is 0.465 e. The zero-order valence-corrected chi connectivity index (χ0v) is 19.6. The van der Waals surface area contributed by atoms with Crippen molar-refractivity contribution in [2.24, 2.45) is 0 Å². The molecule has 3 aromatic rings. The van der Waals surface area contributed by atoms with E-state index >= 15 is 0 Å². The molecule has 2 aliphatic rings. The standard InChI is InChI=1S/C23H26N6O4S/c1-33-23(30)16-7-9-18(15-5-6-15)22(12-16)34(31,32)26-21-13-17(29-14-25-27-28-29)8-10-19(21)20-4-2-3-11-24-20/h7-10,12-15,20,24,26H,2-6,11H2,1H3. The van der Waals surface area contributed by atoms with Crippen molar-refractivity contribution >= 4 is 21.7 Å². The Kier molecular flexibility index (Phi) is 6.05. The molecular formula is C23H26N6O4S. The molecule has 2 fully saturated rings. The molecule has 0 spiro atoms. The van der Waals surface area contributed by atoms with Gasteiger partial charge in [-0.05, 0) is 84.0 Å². The number of benzene rings is 2. The molecule has 34 heavy (non-hydrogen) atoms. The second kappa shape index (κ2) is 9.15. The van der Waals surface area contributed by atoms with Gasteiger partial charge in [0, 0.05) is 6.04 Å². The molecule has 1 unspecified atom stereocenters. The van der Waals surface area contributed by atoms with Gasteiger partial charge in [-0.2, -0.15) is 0 Å². The lowest BCUT2D eigenvalue weighted by molar-refractivity contribution is 0.0600. The predicted molar refractivity (Wildman–Crippen MR) is 124 cm³/mol. The summed E-state index contributed by atoms with van der Waals surface area (Å²) in [5, 5.41) is 14.8. The summed E-state index contributed by atoms with van der Waals surface area (Å²) in [7, 11) is -2.73. The minimum absolute atomic E-state index is 0.0266. The summed E-state index contributed by atoms with van der Waals surface area (Å²) in [5.74, 6) is -0.406. The first kappa shape index (κ1) is 22.5. The summed E-state index contributed by atoms with van der Waals surface area (Å²) >= 11 is 0. The number of anilines is 1. The minimum atomic E-state index is -4.01. The quantitative estimate of drug-likeness (QED) is 0.492. The summed E-state index contributed by atoms with van der Waals surface area (Å²) in [4.78, 5) is 12.2. The van der Waals surface area contributed by atoms with E-state index in [1.54, 1.807) is 18.2 Å². The second-order valence-electron chi connectivity index (χ2n) is 8.65. The van der Waals surface area contributed by atoms with E-state index in [1.807, 2.05) is 12.1 Å². The lowest BCUT2D eigenvalue weighted by atomic mass is 9.96. The molecular weight excluding hydrogens is 456 g/mol. The maximum absolute atomic E-state index is 13.7. The number of aromatic nitrogens is 4. The molecule has 10 nitrogen and oxygen atoms in total. The molecule has 2 aromatic carbocycles. The third kappa shape index (κ3) is 4.53. The summed E-state index contributed by atoms with van der Waals surface area (Å²) < 4.78 is 36.5. The van der Waals surface area contributed by atoms with Crippen molar-refractivity contribution in [1.29, 1.82) is 0 Å². The lowest BCUT2D eigenvalue weighted by Crippen LogP contribution is -2.28. The molecule has 0 radical (unpaired) electrons. The Morgan fingerprint density at radius 3 is 2.62 bits per heavy atom. The van der Waals surface area contributed by atoms with Crippen LogP contribution in [0.5, 0.6) is 0 Å². The average Bonchev–Trinajstić information content (AvgIpc) is 3.56. The van der Waals surface area contributed by atoms with E-state index in [0.29, 0.717) is 16.9 Å². The van der Waals surface area contributed by atoms with Gasteiger partial charge in [-0.25, -0.2) is 17.9 Å². The number of hydrogen-bond donors (Lipinski definition) is 2. The van der Waals surface area contributed by atoms with Gasteiger partial charge < -0.3 is 10.1 Å². The van der Waals surface area contributed by atoms with Crippen LogP contribution in [0.15, 0.2) is 47.6 Å². The van der Waals surface area contributed by atoms with Gasteiger partial charge in [0.1, 0.15) is 6.33 Å². The van der Waals surface area contributed by atoms with Crippen LogP contribution >= 0.6 is 0 Å². The molecule has 1 atom stereocenters. The highest BCUT2D eigenvalue weighted by Gasteiger charge is 2.32. The van der Waals surface area contributed by atoms with E-state index in [2.05, 4.69) is 25.6 Å². The fraction of sp³-hybridized carbons (Fsp3) is 0.391. The molecule has 5 rings (SSSR count). The molecule has 1 saturated heterocycles. The van der Waals surface area contributed by atoms with Crippen LogP contribution in [-0.4, -0.2) is 48.2 Å². The van der Waals surface area contributed by atoms with Gasteiger partial charge >= 0.3 is 5.97 Å².